The molecule has 2 aromatic rings. The maximum absolute atomic E-state index is 14.6. The van der Waals surface area contributed by atoms with E-state index >= 15 is 0 Å². The third kappa shape index (κ3) is 4.69. The van der Waals surface area contributed by atoms with Gasteiger partial charge in [0.25, 0.3) is 0 Å². The van der Waals surface area contributed by atoms with Crippen molar-refractivity contribution in [3.63, 3.8) is 0 Å². The quantitative estimate of drug-likeness (QED) is 0.539. The fourth-order valence-electron chi connectivity index (χ4n) is 2.80. The summed E-state index contributed by atoms with van der Waals surface area (Å²) in [6, 6.07) is 11.8. The second-order valence-electron chi connectivity index (χ2n) is 6.38. The minimum atomic E-state index is -0.570. The Labute approximate surface area is 170 Å². The summed E-state index contributed by atoms with van der Waals surface area (Å²) < 4.78 is 20.5. The van der Waals surface area contributed by atoms with Crippen molar-refractivity contribution in [2.45, 2.75) is 13.0 Å². The summed E-state index contributed by atoms with van der Waals surface area (Å²) in [5.74, 6) is -0.682. The largest absolute Gasteiger partial charge is 0.442 e. The Morgan fingerprint density at radius 1 is 1.39 bits per heavy atom. The van der Waals surface area contributed by atoms with Crippen LogP contribution in [-0.2, 0) is 9.53 Å². The number of hydrogen-bond donors (Lipinski definition) is 2. The van der Waals surface area contributed by atoms with Crippen LogP contribution in [0.25, 0.3) is 10.6 Å². The first-order chi connectivity index (χ1) is 13.3. The fourth-order valence-corrected chi connectivity index (χ4v) is 3.30. The molecular weight excluding hydrogens is 429 g/mol. The van der Waals surface area contributed by atoms with Crippen molar-refractivity contribution < 1.29 is 18.7 Å². The van der Waals surface area contributed by atoms with Crippen molar-refractivity contribution in [2.24, 2.45) is 0 Å². The van der Waals surface area contributed by atoms with Gasteiger partial charge in [-0.05, 0) is 42.0 Å². The number of carbonyl (C=O) groups is 2. The van der Waals surface area contributed by atoms with E-state index in [9.17, 15) is 14.0 Å². The number of anilines is 2. The van der Waals surface area contributed by atoms with Crippen molar-refractivity contribution in [3.8, 4) is 0 Å². The number of cyclic esters (lactones) is 1. The SMILES string of the molecule is CC(=O)NC[C@H]1CN(c2ccc(C=C(Br)c3cccc(N)c3)c(F)c2)C(=O)O1. The lowest BCUT2D eigenvalue weighted by atomic mass is 10.1. The van der Waals surface area contributed by atoms with Gasteiger partial charge in [0, 0.05) is 22.7 Å². The molecule has 0 bridgehead atoms. The second-order valence-corrected chi connectivity index (χ2v) is 7.23. The Balaban J connectivity index is 1.76. The summed E-state index contributed by atoms with van der Waals surface area (Å²) in [4.78, 5) is 24.4. The summed E-state index contributed by atoms with van der Waals surface area (Å²) >= 11 is 3.44. The summed E-state index contributed by atoms with van der Waals surface area (Å²) in [5, 5.41) is 2.60. The molecule has 1 atom stereocenters. The van der Waals surface area contributed by atoms with Crippen molar-refractivity contribution in [1.82, 2.24) is 5.32 Å². The molecule has 0 spiro atoms. The predicted octanol–water partition coefficient (Wildman–Crippen LogP) is 3.76. The molecule has 0 aliphatic carbocycles. The smallest absolute Gasteiger partial charge is 0.414 e. The van der Waals surface area contributed by atoms with E-state index in [4.69, 9.17) is 10.5 Å². The van der Waals surface area contributed by atoms with Gasteiger partial charge in [-0.15, -0.1) is 0 Å². The lowest BCUT2D eigenvalue weighted by molar-refractivity contribution is -0.119. The van der Waals surface area contributed by atoms with Crippen molar-refractivity contribution in [1.29, 1.82) is 0 Å². The van der Waals surface area contributed by atoms with Gasteiger partial charge in [0.05, 0.1) is 18.8 Å². The van der Waals surface area contributed by atoms with Crippen LogP contribution in [0.4, 0.5) is 20.6 Å². The number of nitrogens with two attached hydrogens (primary N) is 1. The van der Waals surface area contributed by atoms with E-state index < -0.39 is 18.0 Å². The Bertz CT molecular complexity index is 948. The van der Waals surface area contributed by atoms with Crippen LogP contribution in [0.15, 0.2) is 42.5 Å². The van der Waals surface area contributed by atoms with Crippen LogP contribution in [0, 0.1) is 5.82 Å². The minimum Gasteiger partial charge on any atom is -0.442 e. The molecule has 1 heterocycles. The highest BCUT2D eigenvalue weighted by atomic mass is 79.9. The Morgan fingerprint density at radius 2 is 2.18 bits per heavy atom. The molecule has 6 nitrogen and oxygen atoms in total. The number of amides is 2. The van der Waals surface area contributed by atoms with Gasteiger partial charge < -0.3 is 15.8 Å². The monoisotopic (exact) mass is 447 g/mol. The molecule has 1 saturated heterocycles. The van der Waals surface area contributed by atoms with Gasteiger partial charge in [-0.3, -0.25) is 9.69 Å². The summed E-state index contributed by atoms with van der Waals surface area (Å²) in [6.45, 7) is 1.84. The Morgan fingerprint density at radius 3 is 2.86 bits per heavy atom. The number of nitrogens with one attached hydrogen (secondary N) is 1. The van der Waals surface area contributed by atoms with Gasteiger partial charge >= 0.3 is 6.09 Å². The van der Waals surface area contributed by atoms with Gasteiger partial charge in [0.2, 0.25) is 5.91 Å². The highest BCUT2D eigenvalue weighted by Crippen LogP contribution is 2.29. The zero-order chi connectivity index (χ0) is 20.3. The van der Waals surface area contributed by atoms with Gasteiger partial charge in [-0.25, -0.2) is 9.18 Å². The standard InChI is InChI=1S/C20H19BrFN3O3/c1-12(26)24-10-17-11-25(20(27)28-17)16-6-5-14(19(22)9-16)8-18(21)13-3-2-4-15(23)7-13/h2-9,17H,10-11,23H2,1H3,(H,24,26)/t17-/m0/s1. The first-order valence-corrected chi connectivity index (χ1v) is 9.38. The zero-order valence-corrected chi connectivity index (χ0v) is 16.7. The number of ether oxygens (including phenoxy) is 1. The van der Waals surface area contributed by atoms with Crippen molar-refractivity contribution in [3.05, 3.63) is 59.4 Å². The van der Waals surface area contributed by atoms with Crippen LogP contribution < -0.4 is 16.0 Å². The molecule has 0 unspecified atom stereocenters. The number of carbonyl (C=O) groups excluding carboxylic acids is 2. The van der Waals surface area contributed by atoms with Crippen LogP contribution in [0.2, 0.25) is 0 Å². The van der Waals surface area contributed by atoms with E-state index in [0.29, 0.717) is 21.4 Å². The number of benzene rings is 2. The molecule has 0 aromatic heterocycles. The van der Waals surface area contributed by atoms with Gasteiger partial charge in [-0.1, -0.05) is 28.1 Å². The minimum absolute atomic E-state index is 0.206. The maximum atomic E-state index is 14.6. The molecule has 2 aromatic carbocycles. The molecule has 28 heavy (non-hydrogen) atoms. The van der Waals surface area contributed by atoms with Crippen molar-refractivity contribution >= 4 is 49.9 Å². The van der Waals surface area contributed by atoms with Gasteiger partial charge in [-0.2, -0.15) is 0 Å². The molecule has 3 rings (SSSR count). The third-order valence-corrected chi connectivity index (χ3v) is 4.88. The number of nitrogens with zero attached hydrogens (tertiary/aromatic N) is 1. The fraction of sp³-hybridized carbons (Fsp3) is 0.200. The van der Waals surface area contributed by atoms with Crippen LogP contribution in [0.3, 0.4) is 0 Å². The highest BCUT2D eigenvalue weighted by Gasteiger charge is 2.32. The van der Waals surface area contributed by atoms with Crippen LogP contribution in [-0.4, -0.2) is 31.2 Å². The van der Waals surface area contributed by atoms with E-state index in [-0.39, 0.29) is 19.0 Å². The van der Waals surface area contributed by atoms with E-state index in [2.05, 4.69) is 21.2 Å². The number of nitrogen functional groups attached to an aromatic ring is 1. The zero-order valence-electron chi connectivity index (χ0n) is 15.1. The lowest BCUT2D eigenvalue weighted by Gasteiger charge is -2.14. The Hall–Kier alpha value is -2.87. The molecular formula is C20H19BrFN3O3. The molecule has 0 saturated carbocycles. The topological polar surface area (TPSA) is 84.7 Å². The molecule has 1 aliphatic heterocycles. The average molecular weight is 448 g/mol. The summed E-state index contributed by atoms with van der Waals surface area (Å²) in [5.41, 5.74) is 7.97. The van der Waals surface area contributed by atoms with E-state index in [1.165, 1.54) is 17.9 Å². The number of rotatable bonds is 5. The lowest BCUT2D eigenvalue weighted by Crippen LogP contribution is -2.33. The summed E-state index contributed by atoms with van der Waals surface area (Å²) in [7, 11) is 0. The predicted molar refractivity (Wildman–Crippen MR) is 110 cm³/mol. The number of halogens is 2. The van der Waals surface area contributed by atoms with E-state index in [1.54, 1.807) is 30.3 Å². The third-order valence-electron chi connectivity index (χ3n) is 4.19. The summed E-state index contributed by atoms with van der Waals surface area (Å²) in [6.07, 6.45) is 0.603. The van der Waals surface area contributed by atoms with Crippen molar-refractivity contribution in [2.75, 3.05) is 23.7 Å². The molecule has 1 aliphatic rings. The molecule has 8 heteroatoms. The van der Waals surface area contributed by atoms with Gasteiger partial charge in [0.1, 0.15) is 11.9 Å². The maximum Gasteiger partial charge on any atom is 0.414 e. The van der Waals surface area contributed by atoms with Gasteiger partial charge in [0.15, 0.2) is 0 Å². The van der Waals surface area contributed by atoms with E-state index in [0.717, 1.165) is 5.56 Å². The first-order valence-electron chi connectivity index (χ1n) is 8.58. The molecule has 1 fully saturated rings. The normalized spacial score (nSPS) is 16.8. The van der Waals surface area contributed by atoms with Crippen LogP contribution >= 0.6 is 15.9 Å². The second kappa shape index (κ2) is 8.43. The molecule has 146 valence electrons. The average Bonchev–Trinajstić information content (AvgIpc) is 3.02. The van der Waals surface area contributed by atoms with E-state index in [1.807, 2.05) is 12.1 Å². The Kier molecular flexibility index (Phi) is 5.99. The number of hydrogen-bond acceptors (Lipinski definition) is 4. The van der Waals surface area contributed by atoms with Crippen LogP contribution in [0.5, 0.6) is 0 Å². The first kappa shape index (κ1) is 19.9. The highest BCUT2D eigenvalue weighted by molar-refractivity contribution is 9.15. The molecule has 3 N–H and O–H groups in total. The molecule has 2 amide bonds. The van der Waals surface area contributed by atoms with Crippen LogP contribution in [0.1, 0.15) is 18.1 Å². The molecule has 0 radical (unpaired) electrons.